The molecule has 1 aromatic heterocycles. The lowest BCUT2D eigenvalue weighted by Crippen LogP contribution is -1.97. The van der Waals surface area contributed by atoms with Gasteiger partial charge in [-0.2, -0.15) is 0 Å². The predicted octanol–water partition coefficient (Wildman–Crippen LogP) is 8.16. The van der Waals surface area contributed by atoms with Gasteiger partial charge in [-0.1, -0.05) is 62.4 Å². The largest absolute Gasteiger partial charge is 0.256 e. The van der Waals surface area contributed by atoms with Gasteiger partial charge in [0.25, 0.3) is 0 Å². The maximum Gasteiger partial charge on any atom is 0.175 e. The van der Waals surface area contributed by atoms with E-state index in [0.29, 0.717) is 5.92 Å². The van der Waals surface area contributed by atoms with Crippen molar-refractivity contribution >= 4 is 32.4 Å². The molecule has 0 N–H and O–H groups in total. The highest BCUT2D eigenvalue weighted by Gasteiger charge is 2.13. The molecule has 0 amide bonds. The molecule has 0 radical (unpaired) electrons. The molecular formula is C33H28FNO2S. The van der Waals surface area contributed by atoms with Gasteiger partial charge in [0.05, 0.1) is 10.4 Å². The van der Waals surface area contributed by atoms with Crippen LogP contribution in [0.1, 0.15) is 42.0 Å². The maximum absolute atomic E-state index is 13.7. The van der Waals surface area contributed by atoms with Crippen LogP contribution in [0.3, 0.4) is 0 Å². The highest BCUT2D eigenvalue weighted by Crippen LogP contribution is 2.33. The van der Waals surface area contributed by atoms with Crippen LogP contribution in [0, 0.1) is 5.82 Å². The van der Waals surface area contributed by atoms with Crippen molar-refractivity contribution in [3.8, 4) is 11.1 Å². The normalized spacial score (nSPS) is 12.3. The SMILES string of the molecule is CC(C)c1cc(-c2cccc(/C=C(/c3ccc(F)cc3)c3ccc(S(C)(=O)=O)cc3)c2)c2ncccc2c1. The summed E-state index contributed by atoms with van der Waals surface area (Å²) in [6.07, 6.45) is 5.06. The zero-order valence-electron chi connectivity index (χ0n) is 21.5. The number of sulfone groups is 1. The van der Waals surface area contributed by atoms with E-state index >= 15 is 0 Å². The summed E-state index contributed by atoms with van der Waals surface area (Å²) in [5, 5.41) is 1.10. The third-order valence-corrected chi connectivity index (χ3v) is 7.78. The Morgan fingerprint density at radius 2 is 1.53 bits per heavy atom. The topological polar surface area (TPSA) is 47.0 Å². The van der Waals surface area contributed by atoms with Crippen molar-refractivity contribution in [1.82, 2.24) is 4.98 Å². The number of pyridine rings is 1. The molecule has 4 aromatic carbocycles. The van der Waals surface area contributed by atoms with Gasteiger partial charge in [-0.25, -0.2) is 12.8 Å². The third kappa shape index (κ3) is 5.43. The fourth-order valence-electron chi connectivity index (χ4n) is 4.58. The molecule has 5 rings (SSSR count). The molecule has 0 aliphatic heterocycles. The van der Waals surface area contributed by atoms with Crippen molar-refractivity contribution in [3.05, 3.63) is 131 Å². The number of fused-ring (bicyclic) bond motifs is 1. The quantitative estimate of drug-likeness (QED) is 0.212. The Morgan fingerprint density at radius 3 is 2.18 bits per heavy atom. The van der Waals surface area contributed by atoms with Crippen molar-refractivity contribution in [1.29, 1.82) is 0 Å². The van der Waals surface area contributed by atoms with Crippen LogP contribution in [0.4, 0.5) is 4.39 Å². The van der Waals surface area contributed by atoms with Gasteiger partial charge in [0.15, 0.2) is 9.84 Å². The standard InChI is InChI=1S/C33H28FNO2S/c1-22(2)28-20-27-8-5-17-35-33(27)32(21-28)26-7-4-6-23(18-26)19-31(24-9-13-29(34)14-10-24)25-11-15-30(16-12-25)38(3,36)37/h4-22H,1-3H3/b31-19-. The Balaban J connectivity index is 1.66. The average molecular weight is 522 g/mol. The molecule has 0 atom stereocenters. The van der Waals surface area contributed by atoms with E-state index in [1.54, 1.807) is 36.4 Å². The van der Waals surface area contributed by atoms with E-state index in [4.69, 9.17) is 0 Å². The van der Waals surface area contributed by atoms with E-state index in [9.17, 15) is 12.8 Å². The first-order chi connectivity index (χ1) is 18.2. The van der Waals surface area contributed by atoms with Crippen LogP contribution < -0.4 is 0 Å². The molecular weight excluding hydrogens is 493 g/mol. The Morgan fingerprint density at radius 1 is 0.842 bits per heavy atom. The van der Waals surface area contributed by atoms with Crippen molar-refractivity contribution in [2.24, 2.45) is 0 Å². The first-order valence-electron chi connectivity index (χ1n) is 12.5. The predicted molar refractivity (Wildman–Crippen MR) is 154 cm³/mol. The lowest BCUT2D eigenvalue weighted by molar-refractivity contribution is 0.602. The number of hydrogen-bond acceptors (Lipinski definition) is 3. The lowest BCUT2D eigenvalue weighted by atomic mass is 9.92. The summed E-state index contributed by atoms with van der Waals surface area (Å²) in [5.41, 5.74) is 7.82. The van der Waals surface area contributed by atoms with Gasteiger partial charge in [0.2, 0.25) is 0 Å². The summed E-state index contributed by atoms with van der Waals surface area (Å²) in [6, 6.07) is 29.9. The second-order valence-electron chi connectivity index (χ2n) is 9.79. The van der Waals surface area contributed by atoms with Gasteiger partial charge < -0.3 is 0 Å². The number of benzene rings is 4. The van der Waals surface area contributed by atoms with Crippen LogP contribution in [0.25, 0.3) is 33.7 Å². The molecule has 5 aromatic rings. The molecule has 0 bridgehead atoms. The van der Waals surface area contributed by atoms with Crippen molar-refractivity contribution in [2.75, 3.05) is 6.26 Å². The highest BCUT2D eigenvalue weighted by molar-refractivity contribution is 7.90. The van der Waals surface area contributed by atoms with E-state index in [2.05, 4.69) is 49.2 Å². The Bertz CT molecular complexity index is 1750. The van der Waals surface area contributed by atoms with E-state index in [1.165, 1.54) is 24.0 Å². The molecule has 0 saturated heterocycles. The van der Waals surface area contributed by atoms with Gasteiger partial charge >= 0.3 is 0 Å². The average Bonchev–Trinajstić information content (AvgIpc) is 2.91. The van der Waals surface area contributed by atoms with Crippen LogP contribution in [0.2, 0.25) is 0 Å². The third-order valence-electron chi connectivity index (χ3n) is 6.65. The summed E-state index contributed by atoms with van der Waals surface area (Å²) in [7, 11) is -3.31. The van der Waals surface area contributed by atoms with Crippen molar-refractivity contribution in [2.45, 2.75) is 24.7 Å². The van der Waals surface area contributed by atoms with Gasteiger partial charge in [-0.3, -0.25) is 4.98 Å². The smallest absolute Gasteiger partial charge is 0.175 e. The highest BCUT2D eigenvalue weighted by atomic mass is 32.2. The number of nitrogens with zero attached hydrogens (tertiary/aromatic N) is 1. The molecule has 0 fully saturated rings. The summed E-state index contributed by atoms with van der Waals surface area (Å²) in [5.74, 6) is 0.0633. The summed E-state index contributed by atoms with van der Waals surface area (Å²) in [4.78, 5) is 4.94. The van der Waals surface area contributed by atoms with Crippen LogP contribution in [0.5, 0.6) is 0 Å². The van der Waals surface area contributed by atoms with Crippen LogP contribution in [-0.2, 0) is 9.84 Å². The van der Waals surface area contributed by atoms with Gasteiger partial charge in [0, 0.05) is 23.4 Å². The number of halogens is 1. The minimum Gasteiger partial charge on any atom is -0.256 e. The molecule has 38 heavy (non-hydrogen) atoms. The van der Waals surface area contributed by atoms with E-state index in [1.807, 2.05) is 30.5 Å². The van der Waals surface area contributed by atoms with Crippen LogP contribution >= 0.6 is 0 Å². The molecule has 190 valence electrons. The molecule has 5 heteroatoms. The number of hydrogen-bond donors (Lipinski definition) is 0. The second-order valence-corrected chi connectivity index (χ2v) is 11.8. The number of rotatable bonds is 6. The molecule has 0 saturated carbocycles. The van der Waals surface area contributed by atoms with Gasteiger partial charge in [0.1, 0.15) is 5.82 Å². The van der Waals surface area contributed by atoms with E-state index in [-0.39, 0.29) is 10.7 Å². The summed E-state index contributed by atoms with van der Waals surface area (Å²) >= 11 is 0. The zero-order chi connectivity index (χ0) is 26.9. The minimum atomic E-state index is -3.31. The fraction of sp³-hybridized carbons (Fsp3) is 0.121. The molecule has 0 unspecified atom stereocenters. The first kappa shape index (κ1) is 25.6. The first-order valence-corrected chi connectivity index (χ1v) is 14.4. The van der Waals surface area contributed by atoms with Crippen molar-refractivity contribution < 1.29 is 12.8 Å². The summed E-state index contributed by atoms with van der Waals surface area (Å²) < 4.78 is 37.7. The van der Waals surface area contributed by atoms with Crippen LogP contribution in [0.15, 0.2) is 108 Å². The minimum absolute atomic E-state index is 0.256. The fourth-order valence-corrected chi connectivity index (χ4v) is 5.21. The molecule has 0 aliphatic rings. The lowest BCUT2D eigenvalue weighted by Gasteiger charge is -2.13. The van der Waals surface area contributed by atoms with Gasteiger partial charge in [-0.15, -0.1) is 0 Å². The van der Waals surface area contributed by atoms with Gasteiger partial charge in [-0.05, 0) is 93.9 Å². The molecule has 0 spiro atoms. The monoisotopic (exact) mass is 521 g/mol. The van der Waals surface area contributed by atoms with Crippen molar-refractivity contribution in [3.63, 3.8) is 0 Å². The Kier molecular flexibility index (Phi) is 6.96. The number of aromatic nitrogens is 1. The summed E-state index contributed by atoms with van der Waals surface area (Å²) in [6.45, 7) is 4.37. The zero-order valence-corrected chi connectivity index (χ0v) is 22.3. The molecule has 0 aliphatic carbocycles. The Hall–Kier alpha value is -4.09. The maximum atomic E-state index is 13.7. The molecule has 1 heterocycles. The molecule has 3 nitrogen and oxygen atoms in total. The van der Waals surface area contributed by atoms with E-state index in [0.717, 1.165) is 44.3 Å². The van der Waals surface area contributed by atoms with E-state index < -0.39 is 9.84 Å². The Labute approximate surface area is 223 Å². The second kappa shape index (κ2) is 10.3. The van der Waals surface area contributed by atoms with Crippen LogP contribution in [-0.4, -0.2) is 19.7 Å².